The van der Waals surface area contributed by atoms with Crippen molar-refractivity contribution in [2.75, 3.05) is 0 Å². The summed E-state index contributed by atoms with van der Waals surface area (Å²) in [4.78, 5) is 10.2. The van der Waals surface area contributed by atoms with E-state index in [0.717, 1.165) is 17.3 Å². The van der Waals surface area contributed by atoms with Crippen molar-refractivity contribution >= 4 is 21.9 Å². The van der Waals surface area contributed by atoms with Crippen molar-refractivity contribution in [2.45, 2.75) is 39.0 Å². The maximum Gasteiger partial charge on any atom is 0.329 e. The van der Waals surface area contributed by atoms with Gasteiger partial charge in [0.05, 0.1) is 0 Å². The summed E-state index contributed by atoms with van der Waals surface area (Å²) >= 11 is 3.21. The topological polar surface area (TPSA) is 37.3 Å². The van der Waals surface area contributed by atoms with Gasteiger partial charge in [0.2, 0.25) is 0 Å². The molecule has 0 radical (unpaired) electrons. The predicted molar refractivity (Wildman–Crippen MR) is 53.4 cm³/mol. The van der Waals surface area contributed by atoms with Crippen LogP contribution >= 0.6 is 15.9 Å². The van der Waals surface area contributed by atoms with Crippen LogP contribution in [0.4, 0.5) is 0 Å². The van der Waals surface area contributed by atoms with Crippen LogP contribution in [0.3, 0.4) is 0 Å². The smallest absolute Gasteiger partial charge is 0.329 e. The van der Waals surface area contributed by atoms with Crippen molar-refractivity contribution in [1.29, 1.82) is 0 Å². The molecule has 0 spiro atoms. The van der Waals surface area contributed by atoms with Gasteiger partial charge in [0, 0.05) is 10.6 Å². The number of rotatable bonds is 6. The Balaban J connectivity index is 3.43. The van der Waals surface area contributed by atoms with Gasteiger partial charge in [-0.05, 0) is 12.8 Å². The van der Waals surface area contributed by atoms with Gasteiger partial charge in [0.1, 0.15) is 0 Å². The van der Waals surface area contributed by atoms with Gasteiger partial charge in [-0.25, -0.2) is 4.79 Å². The Morgan fingerprint density at radius 2 is 2.08 bits per heavy atom. The van der Waals surface area contributed by atoms with Crippen LogP contribution in [0.5, 0.6) is 0 Å². The van der Waals surface area contributed by atoms with Crippen molar-refractivity contribution in [3.8, 4) is 0 Å². The summed E-state index contributed by atoms with van der Waals surface area (Å²) in [6.07, 6.45) is 6.74. The molecule has 12 heavy (non-hydrogen) atoms. The normalized spacial score (nSPS) is 11.7. The fourth-order valence-electron chi connectivity index (χ4n) is 0.927. The average molecular weight is 235 g/mol. The predicted octanol–water partition coefficient (Wildman–Crippen LogP) is 3.32. The molecule has 1 N–H and O–H groups in total. The van der Waals surface area contributed by atoms with Gasteiger partial charge in [0.25, 0.3) is 0 Å². The van der Waals surface area contributed by atoms with Crippen LogP contribution in [0, 0.1) is 0 Å². The number of halogens is 1. The van der Waals surface area contributed by atoms with E-state index >= 15 is 0 Å². The molecule has 3 heteroatoms. The lowest BCUT2D eigenvalue weighted by atomic mass is 10.1. The number of unbranched alkanes of at least 4 members (excludes halogenated alkanes) is 3. The Morgan fingerprint density at radius 1 is 1.42 bits per heavy atom. The van der Waals surface area contributed by atoms with Crippen molar-refractivity contribution in [3.63, 3.8) is 0 Å². The third-order valence-corrected chi connectivity index (χ3v) is 2.17. The molecular weight excluding hydrogens is 220 g/mol. The van der Waals surface area contributed by atoms with Crippen LogP contribution in [-0.4, -0.2) is 11.1 Å². The van der Waals surface area contributed by atoms with Crippen molar-refractivity contribution in [3.05, 3.63) is 10.6 Å². The fraction of sp³-hybridized carbons (Fsp3) is 0.667. The first kappa shape index (κ1) is 11.7. The summed E-state index contributed by atoms with van der Waals surface area (Å²) < 4.78 is 0.783. The summed E-state index contributed by atoms with van der Waals surface area (Å²) in [7, 11) is 0. The van der Waals surface area contributed by atoms with Gasteiger partial charge in [-0.2, -0.15) is 0 Å². The van der Waals surface area contributed by atoms with Crippen LogP contribution in [0.25, 0.3) is 0 Å². The molecule has 0 aromatic heterocycles. The first-order chi connectivity index (χ1) is 5.66. The number of aliphatic carboxylic acids is 1. The highest BCUT2D eigenvalue weighted by atomic mass is 79.9. The Morgan fingerprint density at radius 3 is 2.58 bits per heavy atom. The van der Waals surface area contributed by atoms with Gasteiger partial charge in [-0.1, -0.05) is 42.1 Å². The lowest BCUT2D eigenvalue weighted by molar-refractivity contribution is -0.131. The highest BCUT2D eigenvalue weighted by Gasteiger charge is 1.95. The minimum absolute atomic E-state index is 0.783. The average Bonchev–Trinajstić information content (AvgIpc) is 1.97. The van der Waals surface area contributed by atoms with Crippen LogP contribution < -0.4 is 0 Å². The quantitative estimate of drug-likeness (QED) is 0.566. The molecule has 0 amide bonds. The minimum atomic E-state index is -0.877. The first-order valence-corrected chi connectivity index (χ1v) is 5.05. The fourth-order valence-corrected chi connectivity index (χ4v) is 1.40. The number of hydrogen-bond acceptors (Lipinski definition) is 1. The second-order valence-corrected chi connectivity index (χ2v) is 3.76. The molecule has 0 fully saturated rings. The molecule has 0 unspecified atom stereocenters. The van der Waals surface area contributed by atoms with Gasteiger partial charge >= 0.3 is 5.97 Å². The van der Waals surface area contributed by atoms with Gasteiger partial charge in [-0.3, -0.25) is 0 Å². The summed E-state index contributed by atoms with van der Waals surface area (Å²) in [6.45, 7) is 2.15. The molecule has 0 atom stereocenters. The molecule has 0 rings (SSSR count). The third kappa shape index (κ3) is 7.79. The van der Waals surface area contributed by atoms with Gasteiger partial charge in [0.15, 0.2) is 0 Å². The summed E-state index contributed by atoms with van der Waals surface area (Å²) in [5.74, 6) is -0.877. The maximum absolute atomic E-state index is 10.2. The monoisotopic (exact) mass is 234 g/mol. The number of carboxylic acid groups (broad SMARTS) is 1. The van der Waals surface area contributed by atoms with E-state index in [9.17, 15) is 4.79 Å². The summed E-state index contributed by atoms with van der Waals surface area (Å²) in [6, 6.07) is 0. The molecule has 2 nitrogen and oxygen atoms in total. The summed E-state index contributed by atoms with van der Waals surface area (Å²) in [5, 5.41) is 8.38. The largest absolute Gasteiger partial charge is 0.478 e. The molecule has 70 valence electrons. The molecule has 0 saturated heterocycles. The minimum Gasteiger partial charge on any atom is -0.478 e. The highest BCUT2D eigenvalue weighted by Crippen LogP contribution is 2.15. The van der Waals surface area contributed by atoms with E-state index in [4.69, 9.17) is 5.11 Å². The molecule has 0 saturated carbocycles. The van der Waals surface area contributed by atoms with E-state index in [1.165, 1.54) is 25.3 Å². The zero-order valence-corrected chi connectivity index (χ0v) is 8.93. The number of carboxylic acids is 1. The number of allylic oxidation sites excluding steroid dienone is 1. The highest BCUT2D eigenvalue weighted by molar-refractivity contribution is 9.11. The van der Waals surface area contributed by atoms with Gasteiger partial charge in [-0.15, -0.1) is 0 Å². The Kier molecular flexibility index (Phi) is 7.16. The first-order valence-electron chi connectivity index (χ1n) is 4.25. The van der Waals surface area contributed by atoms with E-state index in [0.29, 0.717) is 0 Å². The van der Waals surface area contributed by atoms with Crippen molar-refractivity contribution < 1.29 is 9.90 Å². The lowest BCUT2D eigenvalue weighted by Gasteiger charge is -1.97. The van der Waals surface area contributed by atoms with Gasteiger partial charge < -0.3 is 5.11 Å². The molecule has 0 aliphatic heterocycles. The standard InChI is InChI=1S/C9H15BrO2/c1-2-3-4-5-6-8(10)7-9(11)12/h7H,2-6H2,1H3,(H,11,12)/b8-7+. The van der Waals surface area contributed by atoms with E-state index in [1.807, 2.05) is 0 Å². The lowest BCUT2D eigenvalue weighted by Crippen LogP contribution is -1.88. The molecule has 0 aromatic rings. The molecule has 0 aliphatic rings. The number of carbonyl (C=O) groups is 1. The molecule has 0 bridgehead atoms. The zero-order chi connectivity index (χ0) is 9.40. The Bertz CT molecular complexity index is 164. The van der Waals surface area contributed by atoms with Crippen LogP contribution in [0.1, 0.15) is 39.0 Å². The van der Waals surface area contributed by atoms with Crippen molar-refractivity contribution in [1.82, 2.24) is 0 Å². The Labute approximate surface area is 81.8 Å². The van der Waals surface area contributed by atoms with Crippen LogP contribution in [0.15, 0.2) is 10.6 Å². The summed E-state index contributed by atoms with van der Waals surface area (Å²) in [5.41, 5.74) is 0. The zero-order valence-electron chi connectivity index (χ0n) is 7.35. The molecule has 0 aromatic carbocycles. The number of hydrogen-bond donors (Lipinski definition) is 1. The van der Waals surface area contributed by atoms with Crippen LogP contribution in [-0.2, 0) is 4.79 Å². The SMILES string of the molecule is CCCCCC/C(Br)=C\C(=O)O. The molecular formula is C9H15BrO2. The van der Waals surface area contributed by atoms with Crippen LogP contribution in [0.2, 0.25) is 0 Å². The van der Waals surface area contributed by atoms with E-state index in [2.05, 4.69) is 22.9 Å². The van der Waals surface area contributed by atoms with Crippen molar-refractivity contribution in [2.24, 2.45) is 0 Å². The second-order valence-electron chi connectivity index (χ2n) is 2.74. The second kappa shape index (κ2) is 7.35. The molecule has 0 aliphatic carbocycles. The van der Waals surface area contributed by atoms with E-state index in [-0.39, 0.29) is 0 Å². The van der Waals surface area contributed by atoms with E-state index < -0.39 is 5.97 Å². The Hall–Kier alpha value is -0.310. The third-order valence-electron chi connectivity index (χ3n) is 1.55. The van der Waals surface area contributed by atoms with E-state index in [1.54, 1.807) is 0 Å². The molecule has 0 heterocycles. The maximum atomic E-state index is 10.2.